The van der Waals surface area contributed by atoms with Crippen molar-refractivity contribution in [3.8, 4) is 0 Å². The molecule has 0 saturated heterocycles. The molecule has 19 heavy (non-hydrogen) atoms. The Bertz CT molecular complexity index is 600. The van der Waals surface area contributed by atoms with E-state index < -0.39 is 0 Å². The van der Waals surface area contributed by atoms with Gasteiger partial charge in [0.1, 0.15) is 0 Å². The first kappa shape index (κ1) is 13.8. The van der Waals surface area contributed by atoms with E-state index in [4.69, 9.17) is 10.2 Å². The quantitative estimate of drug-likeness (QED) is 0.843. The lowest BCUT2D eigenvalue weighted by molar-refractivity contribution is 0.338. The van der Waals surface area contributed by atoms with Crippen LogP contribution < -0.4 is 11.5 Å². The van der Waals surface area contributed by atoms with Crippen molar-refractivity contribution in [2.24, 2.45) is 12.8 Å². The highest BCUT2D eigenvalue weighted by molar-refractivity contribution is 5.73. The summed E-state index contributed by atoms with van der Waals surface area (Å²) in [6, 6.07) is 5.92. The molecule has 0 spiro atoms. The average Bonchev–Trinajstić information content (AvgIpc) is 2.66. The van der Waals surface area contributed by atoms with Crippen molar-refractivity contribution in [3.05, 3.63) is 34.3 Å². The van der Waals surface area contributed by atoms with Crippen LogP contribution in [0.15, 0.2) is 27.4 Å². The summed E-state index contributed by atoms with van der Waals surface area (Å²) in [6.45, 7) is 2.65. The van der Waals surface area contributed by atoms with Crippen molar-refractivity contribution in [2.75, 3.05) is 26.7 Å². The SMILES string of the molecule is CN(CCN)CCCc1ccc2oc(=O)n(C)c2c1. The maximum Gasteiger partial charge on any atom is 0.419 e. The zero-order valence-electron chi connectivity index (χ0n) is 11.6. The van der Waals surface area contributed by atoms with Crippen molar-refractivity contribution in [2.45, 2.75) is 12.8 Å². The van der Waals surface area contributed by atoms with Crippen LogP contribution in [0.4, 0.5) is 0 Å². The second kappa shape index (κ2) is 6.04. The molecule has 1 aromatic carbocycles. The Morgan fingerprint density at radius 2 is 2.16 bits per heavy atom. The van der Waals surface area contributed by atoms with Gasteiger partial charge in [0.05, 0.1) is 5.52 Å². The van der Waals surface area contributed by atoms with Crippen molar-refractivity contribution in [3.63, 3.8) is 0 Å². The highest BCUT2D eigenvalue weighted by atomic mass is 16.4. The normalized spacial score (nSPS) is 11.6. The van der Waals surface area contributed by atoms with Crippen LogP contribution in [0.3, 0.4) is 0 Å². The molecule has 1 aromatic heterocycles. The molecule has 5 heteroatoms. The number of aryl methyl sites for hydroxylation is 2. The minimum absolute atomic E-state index is 0.310. The van der Waals surface area contributed by atoms with E-state index in [1.54, 1.807) is 11.6 Å². The molecular weight excluding hydrogens is 242 g/mol. The number of hydrogen-bond donors (Lipinski definition) is 1. The number of nitrogens with two attached hydrogens (primary N) is 1. The molecule has 0 unspecified atom stereocenters. The van der Waals surface area contributed by atoms with Gasteiger partial charge < -0.3 is 15.1 Å². The van der Waals surface area contributed by atoms with Crippen LogP contribution in [0.5, 0.6) is 0 Å². The minimum atomic E-state index is -0.310. The fraction of sp³-hybridized carbons (Fsp3) is 0.500. The first-order valence-corrected chi connectivity index (χ1v) is 6.59. The van der Waals surface area contributed by atoms with Crippen molar-refractivity contribution >= 4 is 11.1 Å². The lowest BCUT2D eigenvalue weighted by Crippen LogP contribution is -2.26. The number of fused-ring (bicyclic) bond motifs is 1. The fourth-order valence-electron chi connectivity index (χ4n) is 2.21. The van der Waals surface area contributed by atoms with Gasteiger partial charge in [-0.25, -0.2) is 4.79 Å². The molecule has 0 saturated carbocycles. The maximum atomic E-state index is 11.4. The fourth-order valence-corrected chi connectivity index (χ4v) is 2.21. The molecule has 0 bridgehead atoms. The van der Waals surface area contributed by atoms with E-state index in [-0.39, 0.29) is 5.76 Å². The minimum Gasteiger partial charge on any atom is -0.408 e. The van der Waals surface area contributed by atoms with Crippen LogP contribution in [-0.4, -0.2) is 36.1 Å². The van der Waals surface area contributed by atoms with Crippen LogP contribution in [0.1, 0.15) is 12.0 Å². The molecule has 0 fully saturated rings. The summed E-state index contributed by atoms with van der Waals surface area (Å²) < 4.78 is 6.65. The topological polar surface area (TPSA) is 64.4 Å². The maximum absolute atomic E-state index is 11.4. The Hall–Kier alpha value is -1.59. The van der Waals surface area contributed by atoms with Crippen LogP contribution in [0, 0.1) is 0 Å². The molecule has 5 nitrogen and oxygen atoms in total. The first-order valence-electron chi connectivity index (χ1n) is 6.59. The molecule has 2 N–H and O–H groups in total. The first-order chi connectivity index (χ1) is 9.11. The highest BCUT2D eigenvalue weighted by Crippen LogP contribution is 2.15. The zero-order chi connectivity index (χ0) is 13.8. The summed E-state index contributed by atoms with van der Waals surface area (Å²) in [6.07, 6.45) is 2.07. The van der Waals surface area contributed by atoms with Gasteiger partial charge in [0.15, 0.2) is 5.58 Å². The van der Waals surface area contributed by atoms with Gasteiger partial charge in [-0.3, -0.25) is 4.57 Å². The van der Waals surface area contributed by atoms with Crippen LogP contribution >= 0.6 is 0 Å². The third-order valence-corrected chi connectivity index (χ3v) is 3.37. The summed E-state index contributed by atoms with van der Waals surface area (Å²) in [5.41, 5.74) is 8.24. The largest absolute Gasteiger partial charge is 0.419 e. The second-order valence-corrected chi connectivity index (χ2v) is 4.92. The standard InChI is InChI=1S/C14H21N3O2/c1-16(9-7-15)8-3-4-11-5-6-13-12(10-11)17(2)14(18)19-13/h5-6,10H,3-4,7-9,15H2,1-2H3. The summed E-state index contributed by atoms with van der Waals surface area (Å²) in [5.74, 6) is -0.310. The van der Waals surface area contributed by atoms with Crippen molar-refractivity contribution < 1.29 is 4.42 Å². The Kier molecular flexibility index (Phi) is 4.39. The van der Waals surface area contributed by atoms with Gasteiger partial charge in [-0.2, -0.15) is 0 Å². The van der Waals surface area contributed by atoms with Gasteiger partial charge in [-0.15, -0.1) is 0 Å². The Labute approximate surface area is 112 Å². The second-order valence-electron chi connectivity index (χ2n) is 4.92. The molecule has 104 valence electrons. The average molecular weight is 263 g/mol. The van der Waals surface area contributed by atoms with E-state index in [0.29, 0.717) is 12.1 Å². The van der Waals surface area contributed by atoms with E-state index in [2.05, 4.69) is 11.9 Å². The summed E-state index contributed by atoms with van der Waals surface area (Å²) >= 11 is 0. The number of likely N-dealkylation sites (N-methyl/N-ethyl adjacent to an activating group) is 1. The smallest absolute Gasteiger partial charge is 0.408 e. The predicted octanol–water partition coefficient (Wildman–Crippen LogP) is 0.955. The number of nitrogens with zero attached hydrogens (tertiary/aromatic N) is 2. The lowest BCUT2D eigenvalue weighted by atomic mass is 10.1. The number of benzene rings is 1. The molecule has 0 aliphatic heterocycles. The highest BCUT2D eigenvalue weighted by Gasteiger charge is 2.06. The van der Waals surface area contributed by atoms with Gasteiger partial charge >= 0.3 is 5.76 Å². The Morgan fingerprint density at radius 3 is 2.89 bits per heavy atom. The van der Waals surface area contributed by atoms with Crippen LogP contribution in [-0.2, 0) is 13.5 Å². The molecule has 0 aliphatic carbocycles. The third-order valence-electron chi connectivity index (χ3n) is 3.37. The number of aromatic nitrogens is 1. The number of rotatable bonds is 6. The van der Waals surface area contributed by atoms with E-state index >= 15 is 0 Å². The van der Waals surface area contributed by atoms with Crippen LogP contribution in [0.25, 0.3) is 11.1 Å². The van der Waals surface area contributed by atoms with Gasteiger partial charge in [0.2, 0.25) is 0 Å². The van der Waals surface area contributed by atoms with E-state index in [1.165, 1.54) is 5.56 Å². The lowest BCUT2D eigenvalue weighted by Gasteiger charge is -2.14. The Morgan fingerprint density at radius 1 is 1.37 bits per heavy atom. The summed E-state index contributed by atoms with van der Waals surface area (Å²) in [5, 5.41) is 0. The molecule has 2 rings (SSSR count). The molecular formula is C14H21N3O2. The van der Waals surface area contributed by atoms with Crippen LogP contribution in [0.2, 0.25) is 0 Å². The molecule has 0 aliphatic rings. The Balaban J connectivity index is 2.01. The predicted molar refractivity (Wildman–Crippen MR) is 76.3 cm³/mol. The molecule has 1 heterocycles. The summed E-state index contributed by atoms with van der Waals surface area (Å²) in [4.78, 5) is 13.6. The monoisotopic (exact) mass is 263 g/mol. The molecule has 0 radical (unpaired) electrons. The molecule has 0 atom stereocenters. The number of oxazole rings is 1. The van der Waals surface area contributed by atoms with Gasteiger partial charge in [-0.05, 0) is 44.1 Å². The van der Waals surface area contributed by atoms with Crippen molar-refractivity contribution in [1.82, 2.24) is 9.47 Å². The van der Waals surface area contributed by atoms with Crippen molar-refractivity contribution in [1.29, 1.82) is 0 Å². The zero-order valence-corrected chi connectivity index (χ0v) is 11.6. The third kappa shape index (κ3) is 3.24. The summed E-state index contributed by atoms with van der Waals surface area (Å²) in [7, 11) is 3.81. The van der Waals surface area contributed by atoms with E-state index in [0.717, 1.165) is 31.4 Å². The van der Waals surface area contributed by atoms with Gasteiger partial charge in [0, 0.05) is 20.1 Å². The molecule has 0 amide bonds. The van der Waals surface area contributed by atoms with Gasteiger partial charge in [-0.1, -0.05) is 6.07 Å². The molecule has 2 aromatic rings. The van der Waals surface area contributed by atoms with E-state index in [1.807, 2.05) is 18.2 Å². The van der Waals surface area contributed by atoms with E-state index in [9.17, 15) is 4.79 Å². The number of hydrogen-bond acceptors (Lipinski definition) is 4. The van der Waals surface area contributed by atoms with Gasteiger partial charge in [0.25, 0.3) is 0 Å².